The van der Waals surface area contributed by atoms with Gasteiger partial charge in [-0.25, -0.2) is 9.97 Å². The third-order valence-electron chi connectivity index (χ3n) is 5.51. The highest BCUT2D eigenvalue weighted by Gasteiger charge is 2.25. The van der Waals surface area contributed by atoms with E-state index >= 15 is 0 Å². The van der Waals surface area contributed by atoms with E-state index in [1.165, 1.54) is 18.5 Å². The Kier molecular flexibility index (Phi) is 3.70. The number of fused-ring (bicyclic) bond motifs is 2. The molecule has 1 fully saturated rings. The van der Waals surface area contributed by atoms with E-state index in [1.807, 2.05) is 42.5 Å². The van der Waals surface area contributed by atoms with Crippen molar-refractivity contribution in [3.63, 3.8) is 0 Å². The van der Waals surface area contributed by atoms with Crippen LogP contribution in [0.5, 0.6) is 0 Å². The number of nitrogens with zero attached hydrogens (tertiary/aromatic N) is 3. The van der Waals surface area contributed by atoms with Gasteiger partial charge in [-0.1, -0.05) is 18.2 Å². The zero-order valence-electron chi connectivity index (χ0n) is 16.1. The van der Waals surface area contributed by atoms with E-state index in [0.717, 1.165) is 33.6 Å². The lowest BCUT2D eigenvalue weighted by molar-refractivity contribution is 0.964. The van der Waals surface area contributed by atoms with Crippen molar-refractivity contribution < 1.29 is 0 Å². The van der Waals surface area contributed by atoms with Crippen LogP contribution < -0.4 is 10.9 Å². The molecule has 0 saturated heterocycles. The van der Waals surface area contributed by atoms with Gasteiger partial charge in [-0.05, 0) is 42.7 Å². The SMILES string of the molecule is O=c1[nH][nH]c2cc(Cc3nc(Nc4cc(C5CC5)[nH]n4)c4ccccc4n3)ccc12. The van der Waals surface area contributed by atoms with Crippen LogP contribution in [-0.2, 0) is 6.42 Å². The average Bonchev–Trinajstić information content (AvgIpc) is 3.40. The maximum Gasteiger partial charge on any atom is 0.271 e. The molecule has 1 saturated carbocycles. The molecule has 1 aliphatic carbocycles. The molecule has 148 valence electrons. The van der Waals surface area contributed by atoms with Crippen molar-refractivity contribution in [3.05, 3.63) is 76.0 Å². The highest BCUT2D eigenvalue weighted by Crippen LogP contribution is 2.39. The van der Waals surface area contributed by atoms with Gasteiger partial charge in [0, 0.05) is 29.5 Å². The monoisotopic (exact) mass is 397 g/mol. The molecule has 8 nitrogen and oxygen atoms in total. The molecule has 6 rings (SSSR count). The van der Waals surface area contributed by atoms with E-state index in [0.29, 0.717) is 23.5 Å². The molecule has 3 heterocycles. The highest BCUT2D eigenvalue weighted by atomic mass is 16.1. The molecule has 30 heavy (non-hydrogen) atoms. The fourth-order valence-electron chi connectivity index (χ4n) is 3.80. The van der Waals surface area contributed by atoms with Gasteiger partial charge in [0.1, 0.15) is 11.6 Å². The number of nitrogens with one attached hydrogen (secondary N) is 4. The Labute approximate surface area is 170 Å². The number of para-hydroxylation sites is 1. The van der Waals surface area contributed by atoms with Gasteiger partial charge in [0.2, 0.25) is 0 Å². The van der Waals surface area contributed by atoms with Crippen molar-refractivity contribution in [3.8, 4) is 0 Å². The summed E-state index contributed by atoms with van der Waals surface area (Å²) in [5.74, 6) is 2.81. The van der Waals surface area contributed by atoms with Crippen LogP contribution in [-0.4, -0.2) is 30.4 Å². The predicted molar refractivity (Wildman–Crippen MR) is 115 cm³/mol. The summed E-state index contributed by atoms with van der Waals surface area (Å²) in [4.78, 5) is 21.3. The van der Waals surface area contributed by atoms with Crippen molar-refractivity contribution in [2.24, 2.45) is 0 Å². The van der Waals surface area contributed by atoms with Crippen LogP contribution in [0.15, 0.2) is 53.3 Å². The maximum absolute atomic E-state index is 11.7. The van der Waals surface area contributed by atoms with Crippen molar-refractivity contribution in [2.45, 2.75) is 25.2 Å². The lowest BCUT2D eigenvalue weighted by Crippen LogP contribution is -2.03. The summed E-state index contributed by atoms with van der Waals surface area (Å²) in [6.07, 6.45) is 2.99. The van der Waals surface area contributed by atoms with E-state index < -0.39 is 0 Å². The summed E-state index contributed by atoms with van der Waals surface area (Å²) >= 11 is 0. The molecule has 3 aromatic heterocycles. The van der Waals surface area contributed by atoms with E-state index in [-0.39, 0.29) is 5.56 Å². The minimum atomic E-state index is -0.116. The Hall–Kier alpha value is -3.94. The van der Waals surface area contributed by atoms with Crippen molar-refractivity contribution in [1.82, 2.24) is 30.4 Å². The molecule has 4 N–H and O–H groups in total. The van der Waals surface area contributed by atoms with Gasteiger partial charge in [-0.2, -0.15) is 5.10 Å². The smallest absolute Gasteiger partial charge is 0.271 e. The van der Waals surface area contributed by atoms with Crippen LogP contribution in [0, 0.1) is 0 Å². The molecule has 8 heteroatoms. The van der Waals surface area contributed by atoms with Gasteiger partial charge in [-0.3, -0.25) is 20.1 Å². The first kappa shape index (κ1) is 17.0. The number of H-pyrrole nitrogens is 3. The van der Waals surface area contributed by atoms with Gasteiger partial charge < -0.3 is 5.32 Å². The lowest BCUT2D eigenvalue weighted by Gasteiger charge is -2.09. The quantitative estimate of drug-likeness (QED) is 0.361. The maximum atomic E-state index is 11.7. The summed E-state index contributed by atoms with van der Waals surface area (Å²) in [6.45, 7) is 0. The predicted octanol–water partition coefficient (Wildman–Crippen LogP) is 3.73. The number of aromatic nitrogens is 6. The Balaban J connectivity index is 1.37. The first-order chi connectivity index (χ1) is 14.7. The van der Waals surface area contributed by atoms with Crippen LogP contribution in [0.2, 0.25) is 0 Å². The standard InChI is InChI=1S/C22H19N7O/c30-22-15-8-5-12(9-18(15)27-29-22)10-19-23-16-4-2-1-3-14(16)21(24-19)25-20-11-17(26-28-20)13-6-7-13/h1-5,8-9,11,13H,6-7,10H2,(H2,27,29,30)(H2,23,24,25,26,28). The van der Waals surface area contributed by atoms with Gasteiger partial charge >= 0.3 is 0 Å². The third-order valence-corrected chi connectivity index (χ3v) is 5.51. The zero-order valence-corrected chi connectivity index (χ0v) is 16.1. The number of hydrogen-bond acceptors (Lipinski definition) is 5. The molecule has 0 aliphatic heterocycles. The molecule has 0 unspecified atom stereocenters. The second-order valence-corrected chi connectivity index (χ2v) is 7.75. The van der Waals surface area contributed by atoms with Crippen LogP contribution in [0.3, 0.4) is 0 Å². The molecule has 5 aromatic rings. The highest BCUT2D eigenvalue weighted by molar-refractivity contribution is 5.90. The normalized spacial score (nSPS) is 13.9. The molecule has 0 bridgehead atoms. The molecular weight excluding hydrogens is 378 g/mol. The molecule has 0 radical (unpaired) electrons. The van der Waals surface area contributed by atoms with Crippen LogP contribution >= 0.6 is 0 Å². The molecule has 0 amide bonds. The zero-order chi connectivity index (χ0) is 20.1. The lowest BCUT2D eigenvalue weighted by atomic mass is 10.1. The minimum Gasteiger partial charge on any atom is -0.323 e. The van der Waals surface area contributed by atoms with Crippen LogP contribution in [0.25, 0.3) is 21.8 Å². The van der Waals surface area contributed by atoms with Crippen LogP contribution in [0.1, 0.15) is 35.8 Å². The van der Waals surface area contributed by atoms with E-state index in [1.54, 1.807) is 0 Å². The second-order valence-electron chi connectivity index (χ2n) is 7.75. The minimum absolute atomic E-state index is 0.116. The largest absolute Gasteiger partial charge is 0.323 e. The first-order valence-corrected chi connectivity index (χ1v) is 10.0. The number of benzene rings is 2. The molecule has 2 aromatic carbocycles. The van der Waals surface area contributed by atoms with Crippen molar-refractivity contribution in [1.29, 1.82) is 0 Å². The van der Waals surface area contributed by atoms with E-state index in [9.17, 15) is 4.79 Å². The Bertz CT molecular complexity index is 1440. The van der Waals surface area contributed by atoms with E-state index in [4.69, 9.17) is 9.97 Å². The molecular formula is C22H19N7O. The second kappa shape index (κ2) is 6.55. The van der Waals surface area contributed by atoms with Gasteiger partial charge in [0.25, 0.3) is 5.56 Å². The first-order valence-electron chi connectivity index (χ1n) is 10.0. The summed E-state index contributed by atoms with van der Waals surface area (Å²) in [7, 11) is 0. The van der Waals surface area contributed by atoms with E-state index in [2.05, 4.69) is 31.8 Å². The Morgan fingerprint density at radius 2 is 1.90 bits per heavy atom. The summed E-state index contributed by atoms with van der Waals surface area (Å²) in [6, 6.07) is 15.7. The summed E-state index contributed by atoms with van der Waals surface area (Å²) in [5, 5.41) is 18.0. The number of hydrogen-bond donors (Lipinski definition) is 4. The van der Waals surface area contributed by atoms with Crippen molar-refractivity contribution in [2.75, 3.05) is 5.32 Å². The Morgan fingerprint density at radius 3 is 2.80 bits per heavy atom. The van der Waals surface area contributed by atoms with Gasteiger partial charge in [0.05, 0.1) is 16.4 Å². The number of anilines is 2. The average molecular weight is 397 g/mol. The molecule has 0 spiro atoms. The summed E-state index contributed by atoms with van der Waals surface area (Å²) < 4.78 is 0. The van der Waals surface area contributed by atoms with Crippen LogP contribution in [0.4, 0.5) is 11.6 Å². The number of rotatable bonds is 5. The Morgan fingerprint density at radius 1 is 1.00 bits per heavy atom. The van der Waals surface area contributed by atoms with Gasteiger partial charge in [0.15, 0.2) is 5.82 Å². The molecule has 0 atom stereocenters. The third kappa shape index (κ3) is 3.02. The van der Waals surface area contributed by atoms with Crippen molar-refractivity contribution >= 4 is 33.4 Å². The topological polar surface area (TPSA) is 115 Å². The number of aromatic amines is 3. The fraction of sp³-hybridized carbons (Fsp3) is 0.182. The van der Waals surface area contributed by atoms with Gasteiger partial charge in [-0.15, -0.1) is 0 Å². The molecule has 1 aliphatic rings. The fourth-order valence-corrected chi connectivity index (χ4v) is 3.80. The summed E-state index contributed by atoms with van der Waals surface area (Å²) in [5.41, 5.74) is 3.73.